The first-order valence-electron chi connectivity index (χ1n) is 13.3. The summed E-state index contributed by atoms with van der Waals surface area (Å²) in [4.78, 5) is 44.2. The van der Waals surface area contributed by atoms with E-state index < -0.39 is 18.0 Å². The van der Waals surface area contributed by atoms with E-state index in [1.165, 1.54) is 15.9 Å². The molecule has 0 bridgehead atoms. The third-order valence-corrected chi connectivity index (χ3v) is 7.77. The van der Waals surface area contributed by atoms with Gasteiger partial charge < -0.3 is 23.4 Å². The van der Waals surface area contributed by atoms with E-state index >= 15 is 0 Å². The standard InChI is InChI=1S/C31H26N2O8S/c1-4-37-29(35)20-8-6-7-18(13-20)22-12-10-21(41-22)15-25-28(34)33-27(19-9-11-23-24(14-19)40-16-39-23)26(30(36)38-5-2)17(3)32-31(33)42-25/h6-15,27H,4-5,16H2,1-3H3/b25-15-. The Morgan fingerprint density at radius 3 is 2.62 bits per heavy atom. The zero-order valence-electron chi connectivity index (χ0n) is 23.0. The molecule has 0 N–H and O–H groups in total. The molecule has 1 atom stereocenters. The summed E-state index contributed by atoms with van der Waals surface area (Å²) < 4.78 is 29.4. The van der Waals surface area contributed by atoms with Crippen molar-refractivity contribution >= 4 is 29.4 Å². The van der Waals surface area contributed by atoms with Crippen molar-refractivity contribution in [3.05, 3.63) is 102 Å². The average molecular weight is 587 g/mol. The highest BCUT2D eigenvalue weighted by Gasteiger charge is 2.34. The van der Waals surface area contributed by atoms with Gasteiger partial charge in [-0.1, -0.05) is 29.5 Å². The molecule has 4 heterocycles. The van der Waals surface area contributed by atoms with E-state index in [0.717, 1.165) is 0 Å². The van der Waals surface area contributed by atoms with Crippen LogP contribution in [0.25, 0.3) is 17.4 Å². The summed E-state index contributed by atoms with van der Waals surface area (Å²) in [5.41, 5.74) is 2.17. The molecule has 0 spiro atoms. The molecular formula is C31H26N2O8S. The van der Waals surface area contributed by atoms with Crippen LogP contribution in [-0.2, 0) is 14.3 Å². The van der Waals surface area contributed by atoms with E-state index in [0.29, 0.717) is 54.7 Å². The number of allylic oxidation sites excluding steroid dienone is 1. The molecule has 2 aliphatic heterocycles. The Morgan fingerprint density at radius 1 is 1.02 bits per heavy atom. The first kappa shape index (κ1) is 27.3. The van der Waals surface area contributed by atoms with E-state index in [9.17, 15) is 14.4 Å². The van der Waals surface area contributed by atoms with Gasteiger partial charge in [-0.05, 0) is 62.7 Å². The van der Waals surface area contributed by atoms with Gasteiger partial charge in [0, 0.05) is 11.6 Å². The molecule has 2 aromatic carbocycles. The maximum Gasteiger partial charge on any atom is 0.338 e. The SMILES string of the molecule is CCOC(=O)C1=C(C)N=c2s/c(=C\c3ccc(-c4cccc(C(=O)OCC)c4)o3)c(=O)n2C1c1ccc2c(c1)OCO2. The topological polar surface area (TPSA) is 119 Å². The third-order valence-electron chi connectivity index (χ3n) is 6.79. The molecule has 42 heavy (non-hydrogen) atoms. The van der Waals surface area contributed by atoms with Gasteiger partial charge in [0.1, 0.15) is 11.5 Å². The fourth-order valence-corrected chi connectivity index (χ4v) is 5.95. The maximum absolute atomic E-state index is 13.9. The van der Waals surface area contributed by atoms with Crippen LogP contribution in [0.2, 0.25) is 0 Å². The second-order valence-electron chi connectivity index (χ2n) is 9.42. The molecule has 11 heteroatoms. The molecule has 1 unspecified atom stereocenters. The van der Waals surface area contributed by atoms with Gasteiger partial charge >= 0.3 is 11.9 Å². The van der Waals surface area contributed by atoms with Crippen molar-refractivity contribution in [2.45, 2.75) is 26.8 Å². The number of fused-ring (bicyclic) bond motifs is 2. The maximum atomic E-state index is 13.9. The zero-order chi connectivity index (χ0) is 29.4. The van der Waals surface area contributed by atoms with Crippen LogP contribution in [0, 0.1) is 0 Å². The Kier molecular flexibility index (Phi) is 7.26. The molecule has 0 aliphatic carbocycles. The molecular weight excluding hydrogens is 560 g/mol. The molecule has 0 saturated heterocycles. The van der Waals surface area contributed by atoms with Gasteiger partial charge in [0.05, 0.1) is 40.6 Å². The predicted molar refractivity (Wildman–Crippen MR) is 153 cm³/mol. The lowest BCUT2D eigenvalue weighted by Gasteiger charge is -2.24. The predicted octanol–water partition coefficient (Wildman–Crippen LogP) is 3.96. The summed E-state index contributed by atoms with van der Waals surface area (Å²) in [7, 11) is 0. The van der Waals surface area contributed by atoms with Gasteiger partial charge in [-0.15, -0.1) is 0 Å². The number of esters is 2. The van der Waals surface area contributed by atoms with Gasteiger partial charge in [-0.3, -0.25) is 9.36 Å². The van der Waals surface area contributed by atoms with Crippen LogP contribution in [0.4, 0.5) is 0 Å². The minimum absolute atomic E-state index is 0.0966. The van der Waals surface area contributed by atoms with Crippen molar-refractivity contribution in [2.24, 2.45) is 4.99 Å². The minimum atomic E-state index is -0.783. The van der Waals surface area contributed by atoms with Gasteiger partial charge in [-0.2, -0.15) is 0 Å². The zero-order valence-corrected chi connectivity index (χ0v) is 23.9. The highest BCUT2D eigenvalue weighted by atomic mass is 32.1. The quantitative estimate of drug-likeness (QED) is 0.299. The number of carbonyl (C=O) groups is 2. The average Bonchev–Trinajstić information content (AvgIpc) is 3.72. The van der Waals surface area contributed by atoms with Crippen LogP contribution in [-0.4, -0.2) is 36.5 Å². The van der Waals surface area contributed by atoms with E-state index in [1.807, 2.05) is 6.07 Å². The van der Waals surface area contributed by atoms with Crippen molar-refractivity contribution in [2.75, 3.05) is 20.0 Å². The normalized spacial score (nSPS) is 15.8. The molecule has 0 saturated carbocycles. The Bertz CT molecular complexity index is 1930. The lowest BCUT2D eigenvalue weighted by molar-refractivity contribution is -0.139. The third kappa shape index (κ3) is 4.92. The van der Waals surface area contributed by atoms with Crippen molar-refractivity contribution in [3.63, 3.8) is 0 Å². The number of thiazole rings is 1. The largest absolute Gasteiger partial charge is 0.463 e. The van der Waals surface area contributed by atoms with Crippen molar-refractivity contribution in [1.29, 1.82) is 0 Å². The number of aromatic nitrogens is 1. The first-order valence-corrected chi connectivity index (χ1v) is 14.2. The molecule has 214 valence electrons. The summed E-state index contributed by atoms with van der Waals surface area (Å²) in [5, 5.41) is 0. The Labute approximate surface area is 243 Å². The minimum Gasteiger partial charge on any atom is -0.463 e. The summed E-state index contributed by atoms with van der Waals surface area (Å²) in [5.74, 6) is 1.13. The van der Waals surface area contributed by atoms with Crippen molar-refractivity contribution < 1.29 is 33.0 Å². The van der Waals surface area contributed by atoms with Gasteiger partial charge in [0.25, 0.3) is 5.56 Å². The van der Waals surface area contributed by atoms with E-state index in [4.69, 9.17) is 23.4 Å². The Hall–Kier alpha value is -4.90. The fraction of sp³-hybridized carbons (Fsp3) is 0.226. The Morgan fingerprint density at radius 2 is 1.81 bits per heavy atom. The molecule has 0 radical (unpaired) electrons. The molecule has 0 amide bonds. The lowest BCUT2D eigenvalue weighted by Crippen LogP contribution is -2.39. The van der Waals surface area contributed by atoms with E-state index in [-0.39, 0.29) is 31.1 Å². The molecule has 2 aliphatic rings. The summed E-state index contributed by atoms with van der Waals surface area (Å²) in [6.07, 6.45) is 1.64. The Balaban J connectivity index is 1.42. The molecule has 6 rings (SSSR count). The van der Waals surface area contributed by atoms with Crippen LogP contribution < -0.4 is 24.4 Å². The first-order chi connectivity index (χ1) is 20.4. The monoisotopic (exact) mass is 586 g/mol. The molecule has 10 nitrogen and oxygen atoms in total. The van der Waals surface area contributed by atoms with Crippen molar-refractivity contribution in [3.8, 4) is 22.8 Å². The van der Waals surface area contributed by atoms with Crippen molar-refractivity contribution in [1.82, 2.24) is 4.57 Å². The fourth-order valence-electron chi connectivity index (χ4n) is 4.92. The summed E-state index contributed by atoms with van der Waals surface area (Å²) in [6.45, 7) is 5.76. The number of ether oxygens (including phenoxy) is 4. The van der Waals surface area contributed by atoms with Crippen LogP contribution >= 0.6 is 11.3 Å². The number of carbonyl (C=O) groups excluding carboxylic acids is 2. The number of hydrogen-bond acceptors (Lipinski definition) is 10. The second kappa shape index (κ2) is 11.2. The van der Waals surface area contributed by atoms with Gasteiger partial charge in [0.2, 0.25) is 6.79 Å². The number of nitrogens with zero attached hydrogens (tertiary/aromatic N) is 2. The summed E-state index contributed by atoms with van der Waals surface area (Å²) >= 11 is 1.19. The molecule has 2 aromatic heterocycles. The van der Waals surface area contributed by atoms with Crippen LogP contribution in [0.5, 0.6) is 11.5 Å². The second-order valence-corrected chi connectivity index (χ2v) is 10.4. The molecule has 4 aromatic rings. The van der Waals surface area contributed by atoms with Crippen LogP contribution in [0.1, 0.15) is 48.5 Å². The van der Waals surface area contributed by atoms with Gasteiger partial charge in [-0.25, -0.2) is 14.6 Å². The molecule has 0 fully saturated rings. The highest BCUT2D eigenvalue weighted by molar-refractivity contribution is 7.07. The van der Waals surface area contributed by atoms with Gasteiger partial charge in [0.15, 0.2) is 16.3 Å². The lowest BCUT2D eigenvalue weighted by atomic mass is 9.95. The van der Waals surface area contributed by atoms with E-state index in [2.05, 4.69) is 4.99 Å². The van der Waals surface area contributed by atoms with E-state index in [1.54, 1.807) is 75.4 Å². The van der Waals surface area contributed by atoms with Crippen LogP contribution in [0.3, 0.4) is 0 Å². The smallest absolute Gasteiger partial charge is 0.338 e. The number of furan rings is 1. The number of rotatable bonds is 7. The highest BCUT2D eigenvalue weighted by Crippen LogP contribution is 2.38. The summed E-state index contributed by atoms with van der Waals surface area (Å²) in [6, 6.07) is 15.0. The number of benzene rings is 2. The van der Waals surface area contributed by atoms with Crippen LogP contribution in [0.15, 0.2) is 80.1 Å². The number of hydrogen-bond donors (Lipinski definition) is 0.